The molecule has 3 aromatic rings. The second kappa shape index (κ2) is 8.97. The van der Waals surface area contributed by atoms with Crippen molar-refractivity contribution in [2.45, 2.75) is 38.0 Å². The number of aliphatic hydroxyl groups is 1. The molecule has 1 N–H and O–H groups in total. The fourth-order valence-electron chi connectivity index (χ4n) is 3.43. The number of aryl methyl sites for hydroxylation is 1. The van der Waals surface area contributed by atoms with Crippen LogP contribution in [0.5, 0.6) is 5.75 Å². The minimum Gasteiger partial charge on any atom is -0.493 e. The van der Waals surface area contributed by atoms with E-state index in [2.05, 4.69) is 15.0 Å². The second-order valence-electron chi connectivity index (χ2n) is 7.52. The van der Waals surface area contributed by atoms with Crippen LogP contribution in [0.25, 0.3) is 10.9 Å². The Morgan fingerprint density at radius 2 is 1.88 bits per heavy atom. The zero-order valence-electron chi connectivity index (χ0n) is 17.7. The number of hydrogen-bond donors (Lipinski definition) is 1. The number of rotatable bonds is 6. The van der Waals surface area contributed by atoms with Crippen molar-refractivity contribution in [3.8, 4) is 5.75 Å². The summed E-state index contributed by atoms with van der Waals surface area (Å²) in [5, 5.41) is 10.4. The Morgan fingerprint density at radius 1 is 1.18 bits per heavy atom. The molecular weight excluding hydrogens is 452 g/mol. The molecule has 0 fully saturated rings. The Morgan fingerprint density at radius 3 is 2.52 bits per heavy atom. The Bertz CT molecular complexity index is 1210. The van der Waals surface area contributed by atoms with Crippen LogP contribution in [0.1, 0.15) is 30.7 Å². The molecule has 0 unspecified atom stereocenters. The number of aromatic nitrogens is 2. The highest BCUT2D eigenvalue weighted by molar-refractivity contribution is 5.92. The second-order valence-corrected chi connectivity index (χ2v) is 7.52. The average molecular weight is 471 g/mol. The summed E-state index contributed by atoms with van der Waals surface area (Å²) in [6.45, 7) is 2.78. The summed E-state index contributed by atoms with van der Waals surface area (Å²) < 4.78 is 88.6. The maximum absolute atomic E-state index is 14.1. The first-order chi connectivity index (χ1) is 15.4. The third-order valence-corrected chi connectivity index (χ3v) is 5.12. The van der Waals surface area contributed by atoms with Crippen LogP contribution in [0.2, 0.25) is 0 Å². The summed E-state index contributed by atoms with van der Waals surface area (Å²) in [5.41, 5.74) is -4.23. The molecule has 0 aliphatic rings. The van der Waals surface area contributed by atoms with Crippen molar-refractivity contribution in [1.29, 1.82) is 0 Å². The van der Waals surface area contributed by atoms with E-state index < -0.39 is 52.8 Å². The zero-order chi connectivity index (χ0) is 24.6. The first kappa shape index (κ1) is 24.4. The molecule has 0 radical (unpaired) electrons. The van der Waals surface area contributed by atoms with E-state index in [1.54, 1.807) is 0 Å². The number of nitrogens with zero attached hydrogens (tertiary/aromatic N) is 3. The smallest absolute Gasteiger partial charge is 0.422 e. The number of fused-ring (bicyclic) bond motifs is 1. The lowest BCUT2D eigenvalue weighted by Gasteiger charge is -2.30. The van der Waals surface area contributed by atoms with E-state index in [4.69, 9.17) is 4.74 Å². The summed E-state index contributed by atoms with van der Waals surface area (Å²) in [6.07, 6.45) is -4.83. The summed E-state index contributed by atoms with van der Waals surface area (Å²) in [7, 11) is 1.17. The van der Waals surface area contributed by atoms with Crippen LogP contribution < -0.4 is 4.74 Å². The Kier molecular flexibility index (Phi) is 6.64. The molecule has 11 heteroatoms. The number of hydrogen-bond acceptors (Lipinski definition) is 5. The van der Waals surface area contributed by atoms with Gasteiger partial charge in [-0.15, -0.1) is 0 Å². The van der Waals surface area contributed by atoms with Gasteiger partial charge in [-0.2, -0.15) is 13.2 Å². The fourth-order valence-corrected chi connectivity index (χ4v) is 3.43. The van der Waals surface area contributed by atoms with Gasteiger partial charge in [-0.1, -0.05) is 19.1 Å². The summed E-state index contributed by atoms with van der Waals surface area (Å²) in [6, 6.07) is 4.36. The number of methoxy groups -OCH3 is 1. The van der Waals surface area contributed by atoms with Crippen molar-refractivity contribution >= 4 is 22.8 Å². The molecule has 0 amide bonds. The van der Waals surface area contributed by atoms with Crippen LogP contribution in [0.3, 0.4) is 0 Å². The van der Waals surface area contributed by atoms with Crippen LogP contribution in [0.15, 0.2) is 35.5 Å². The molecule has 5 nitrogen and oxygen atoms in total. The zero-order valence-corrected chi connectivity index (χ0v) is 17.7. The van der Waals surface area contributed by atoms with Gasteiger partial charge in [0.2, 0.25) is 0 Å². The van der Waals surface area contributed by atoms with Crippen molar-refractivity contribution in [3.05, 3.63) is 59.3 Å². The summed E-state index contributed by atoms with van der Waals surface area (Å²) in [4.78, 5) is 11.2. The van der Waals surface area contributed by atoms with Gasteiger partial charge >= 0.3 is 6.18 Å². The first-order valence-electron chi connectivity index (χ1n) is 9.66. The Balaban J connectivity index is 2.05. The number of alkyl halides is 3. The number of aliphatic imine (C=N–C) groups is 1. The van der Waals surface area contributed by atoms with Crippen molar-refractivity contribution in [2.75, 3.05) is 7.11 Å². The van der Waals surface area contributed by atoms with Crippen LogP contribution in [0.4, 0.5) is 32.0 Å². The van der Waals surface area contributed by atoms with Gasteiger partial charge in [0.05, 0.1) is 12.8 Å². The predicted octanol–water partition coefficient (Wildman–Crippen LogP) is 5.55. The van der Waals surface area contributed by atoms with Crippen molar-refractivity contribution < 1.29 is 36.2 Å². The lowest BCUT2D eigenvalue weighted by Crippen LogP contribution is -2.47. The molecule has 1 heterocycles. The quantitative estimate of drug-likeness (QED) is 0.378. The van der Waals surface area contributed by atoms with Crippen molar-refractivity contribution in [2.24, 2.45) is 4.99 Å². The number of para-hydroxylation sites is 1. The third-order valence-electron chi connectivity index (χ3n) is 5.12. The minimum absolute atomic E-state index is 0.107. The third kappa shape index (κ3) is 4.77. The van der Waals surface area contributed by atoms with E-state index in [0.717, 1.165) is 12.3 Å². The first-order valence-corrected chi connectivity index (χ1v) is 9.66. The number of halogens is 6. The van der Waals surface area contributed by atoms with Gasteiger partial charge in [0.1, 0.15) is 11.3 Å². The molecular formula is C22H19F6N3O2. The van der Waals surface area contributed by atoms with Gasteiger partial charge in [0, 0.05) is 29.4 Å². The molecule has 1 aromatic heterocycles. The molecule has 0 spiro atoms. The number of benzene rings is 2. The molecule has 2 atom stereocenters. The summed E-state index contributed by atoms with van der Waals surface area (Å²) >= 11 is 0. The largest absolute Gasteiger partial charge is 0.493 e. The highest BCUT2D eigenvalue weighted by atomic mass is 19.4. The van der Waals surface area contributed by atoms with Crippen molar-refractivity contribution in [3.63, 3.8) is 0 Å². The number of ether oxygens (including phenoxy) is 1. The van der Waals surface area contributed by atoms with Gasteiger partial charge < -0.3 is 9.84 Å². The summed E-state index contributed by atoms with van der Waals surface area (Å²) in [5.74, 6) is -4.60. The van der Waals surface area contributed by atoms with E-state index in [1.165, 1.54) is 33.1 Å². The van der Waals surface area contributed by atoms with Crippen molar-refractivity contribution in [1.82, 2.24) is 9.97 Å². The SMILES string of the molecule is COc1c(F)cccc1[C@@H](C)C[C@@](O)(C=Nc1cc(F)c(F)c2nc(C)ncc12)C(F)(F)F. The minimum atomic E-state index is -5.19. The molecule has 0 aliphatic carbocycles. The van der Waals surface area contributed by atoms with E-state index in [-0.39, 0.29) is 28.7 Å². The Hall–Kier alpha value is -3.21. The lowest BCUT2D eigenvalue weighted by molar-refractivity contribution is -0.231. The molecule has 0 saturated heterocycles. The van der Waals surface area contributed by atoms with E-state index in [9.17, 15) is 31.4 Å². The Labute approximate surface area is 184 Å². The standard InChI is InChI=1S/C22H19F6N3O2/c1-11(13-5-4-6-15(23)20(13)33-3)8-21(32,22(26,27)28)10-30-17-7-16(24)18(25)19-14(17)9-29-12(2)31-19/h4-7,9-11,32H,8H2,1-3H3/t11-,21+/m0/s1. The maximum Gasteiger partial charge on any atom is 0.422 e. The van der Waals surface area contributed by atoms with E-state index in [1.807, 2.05) is 0 Å². The highest BCUT2D eigenvalue weighted by Crippen LogP contribution is 2.40. The molecule has 0 aliphatic heterocycles. The molecule has 0 bridgehead atoms. The predicted molar refractivity (Wildman–Crippen MR) is 109 cm³/mol. The van der Waals surface area contributed by atoms with Crippen LogP contribution in [-0.4, -0.2) is 40.2 Å². The van der Waals surface area contributed by atoms with Gasteiger partial charge in [0.15, 0.2) is 28.8 Å². The molecule has 33 heavy (non-hydrogen) atoms. The van der Waals surface area contributed by atoms with Crippen LogP contribution in [-0.2, 0) is 0 Å². The lowest BCUT2D eigenvalue weighted by atomic mass is 9.86. The molecule has 0 saturated carbocycles. The topological polar surface area (TPSA) is 67.6 Å². The van der Waals surface area contributed by atoms with E-state index in [0.29, 0.717) is 6.07 Å². The highest BCUT2D eigenvalue weighted by Gasteiger charge is 2.53. The monoisotopic (exact) mass is 471 g/mol. The maximum atomic E-state index is 14.1. The normalized spacial score (nSPS) is 15.1. The molecule has 2 aromatic carbocycles. The van der Waals surface area contributed by atoms with Crippen LogP contribution >= 0.6 is 0 Å². The average Bonchev–Trinajstić information content (AvgIpc) is 2.74. The van der Waals surface area contributed by atoms with Crippen LogP contribution in [0, 0.1) is 24.4 Å². The fraction of sp³-hybridized carbons (Fsp3) is 0.318. The molecule has 176 valence electrons. The molecule has 3 rings (SSSR count). The van der Waals surface area contributed by atoms with Gasteiger partial charge in [-0.3, -0.25) is 4.99 Å². The van der Waals surface area contributed by atoms with Gasteiger partial charge in [-0.25, -0.2) is 23.1 Å². The van der Waals surface area contributed by atoms with Gasteiger partial charge in [0.25, 0.3) is 0 Å². The van der Waals surface area contributed by atoms with E-state index >= 15 is 0 Å². The van der Waals surface area contributed by atoms with Gasteiger partial charge in [-0.05, 0) is 25.3 Å².